The van der Waals surface area contributed by atoms with Crippen molar-refractivity contribution < 1.29 is 8.42 Å². The van der Waals surface area contributed by atoms with Gasteiger partial charge in [0.2, 0.25) is 0 Å². The topological polar surface area (TPSA) is 70.6 Å². The van der Waals surface area contributed by atoms with Gasteiger partial charge in [0.1, 0.15) is 0 Å². The molecule has 0 aliphatic heterocycles. The molecule has 0 aliphatic rings. The molecular weight excluding hydrogens is 286 g/mol. The van der Waals surface area contributed by atoms with Crippen molar-refractivity contribution in [3.8, 4) is 0 Å². The van der Waals surface area contributed by atoms with Crippen LogP contribution in [0.1, 0.15) is 20.8 Å². The molecule has 0 unspecified atom stereocenters. The minimum atomic E-state index is -3.25. The van der Waals surface area contributed by atoms with Crippen molar-refractivity contribution >= 4 is 15.8 Å². The highest BCUT2D eigenvalue weighted by molar-refractivity contribution is 7.91. The molecule has 21 heavy (non-hydrogen) atoms. The molecule has 5 nitrogen and oxygen atoms in total. The van der Waals surface area contributed by atoms with Gasteiger partial charge in [-0.1, -0.05) is 32.0 Å². The first-order valence-corrected chi connectivity index (χ1v) is 8.91. The monoisotopic (exact) mass is 311 g/mol. The molecule has 0 radical (unpaired) electrons. The van der Waals surface area contributed by atoms with Gasteiger partial charge in [0.05, 0.1) is 10.6 Å². The van der Waals surface area contributed by atoms with E-state index >= 15 is 0 Å². The summed E-state index contributed by atoms with van der Waals surface area (Å²) in [4.78, 5) is 4.76. The summed E-state index contributed by atoms with van der Waals surface area (Å²) in [5, 5.41) is 6.17. The van der Waals surface area contributed by atoms with Gasteiger partial charge in [-0.3, -0.25) is 4.99 Å². The van der Waals surface area contributed by atoms with Crippen LogP contribution in [0.2, 0.25) is 0 Å². The highest BCUT2D eigenvalue weighted by Crippen LogP contribution is 2.09. The molecule has 1 aromatic rings. The number of nitrogens with one attached hydrogen (secondary N) is 2. The fourth-order valence-corrected chi connectivity index (χ4v) is 2.84. The fourth-order valence-electron chi connectivity index (χ4n) is 1.67. The van der Waals surface area contributed by atoms with Crippen LogP contribution >= 0.6 is 0 Å². The second-order valence-electron chi connectivity index (χ2n) is 5.17. The van der Waals surface area contributed by atoms with Gasteiger partial charge in [0, 0.05) is 19.6 Å². The van der Waals surface area contributed by atoms with Crippen LogP contribution in [-0.4, -0.2) is 39.8 Å². The van der Waals surface area contributed by atoms with E-state index in [1.807, 2.05) is 6.92 Å². The average molecular weight is 311 g/mol. The summed E-state index contributed by atoms with van der Waals surface area (Å²) in [5.74, 6) is 1.17. The Balaban J connectivity index is 2.56. The van der Waals surface area contributed by atoms with E-state index < -0.39 is 9.84 Å². The quantitative estimate of drug-likeness (QED) is 0.593. The van der Waals surface area contributed by atoms with E-state index in [1.54, 1.807) is 30.3 Å². The molecule has 0 fully saturated rings. The van der Waals surface area contributed by atoms with E-state index in [9.17, 15) is 8.42 Å². The molecule has 1 rings (SSSR count). The zero-order valence-electron chi connectivity index (χ0n) is 13.0. The van der Waals surface area contributed by atoms with Crippen molar-refractivity contribution in [1.29, 1.82) is 0 Å². The lowest BCUT2D eigenvalue weighted by atomic mass is 10.2. The third kappa shape index (κ3) is 6.62. The van der Waals surface area contributed by atoms with Crippen LogP contribution in [0, 0.1) is 5.92 Å². The normalized spacial score (nSPS) is 12.5. The maximum atomic E-state index is 12.1. The molecule has 0 bridgehead atoms. The fraction of sp³-hybridized carbons (Fsp3) is 0.533. The number of sulfone groups is 1. The van der Waals surface area contributed by atoms with Gasteiger partial charge in [0.15, 0.2) is 15.8 Å². The molecule has 6 heteroatoms. The van der Waals surface area contributed by atoms with Gasteiger partial charge in [-0.25, -0.2) is 8.42 Å². The van der Waals surface area contributed by atoms with Gasteiger partial charge in [-0.2, -0.15) is 0 Å². The second-order valence-corrected chi connectivity index (χ2v) is 7.28. The molecule has 0 saturated carbocycles. The van der Waals surface area contributed by atoms with Gasteiger partial charge in [-0.15, -0.1) is 0 Å². The minimum absolute atomic E-state index is 0.0447. The maximum absolute atomic E-state index is 12.1. The van der Waals surface area contributed by atoms with E-state index in [2.05, 4.69) is 29.5 Å². The van der Waals surface area contributed by atoms with Crippen LogP contribution in [0.5, 0.6) is 0 Å². The molecule has 2 N–H and O–H groups in total. The zero-order chi connectivity index (χ0) is 15.7. The molecule has 0 spiro atoms. The molecule has 0 aromatic heterocycles. The molecule has 0 heterocycles. The Bertz CT molecular complexity index is 539. The highest BCUT2D eigenvalue weighted by atomic mass is 32.2. The maximum Gasteiger partial charge on any atom is 0.191 e. The number of benzene rings is 1. The Morgan fingerprint density at radius 2 is 1.86 bits per heavy atom. The van der Waals surface area contributed by atoms with Gasteiger partial charge in [-0.05, 0) is 25.0 Å². The molecule has 118 valence electrons. The predicted octanol–water partition coefficient (Wildman–Crippen LogP) is 1.67. The Morgan fingerprint density at radius 1 is 1.19 bits per heavy atom. The molecule has 0 aliphatic carbocycles. The van der Waals surface area contributed by atoms with Gasteiger partial charge >= 0.3 is 0 Å². The largest absolute Gasteiger partial charge is 0.357 e. The number of aliphatic imine (C=N–C) groups is 1. The zero-order valence-corrected chi connectivity index (χ0v) is 13.8. The summed E-state index contributed by atoms with van der Waals surface area (Å²) in [7, 11) is -3.25. The molecule has 1 aromatic carbocycles. The summed E-state index contributed by atoms with van der Waals surface area (Å²) >= 11 is 0. The standard InChI is InChI=1S/C15H25N3O2S/c1-4-16-15(18-12-13(2)3)17-10-11-21(19,20)14-8-6-5-7-9-14/h5-9,13H,4,10-12H2,1-3H3,(H2,16,17,18). The van der Waals surface area contributed by atoms with Gasteiger partial charge < -0.3 is 10.6 Å². The van der Waals surface area contributed by atoms with Gasteiger partial charge in [0.25, 0.3) is 0 Å². The van der Waals surface area contributed by atoms with E-state index in [1.165, 1.54) is 0 Å². The smallest absolute Gasteiger partial charge is 0.191 e. The first-order chi connectivity index (χ1) is 9.95. The van der Waals surface area contributed by atoms with E-state index in [0.717, 1.165) is 6.54 Å². The number of hydrogen-bond acceptors (Lipinski definition) is 3. The summed E-state index contributed by atoms with van der Waals surface area (Å²) in [6.45, 7) is 7.95. The van der Waals surface area contributed by atoms with Crippen LogP contribution < -0.4 is 10.6 Å². The number of nitrogens with zero attached hydrogens (tertiary/aromatic N) is 1. The Morgan fingerprint density at radius 3 is 2.43 bits per heavy atom. The minimum Gasteiger partial charge on any atom is -0.357 e. The van der Waals surface area contributed by atoms with Crippen LogP contribution in [0.25, 0.3) is 0 Å². The third-order valence-electron chi connectivity index (χ3n) is 2.72. The predicted molar refractivity (Wildman–Crippen MR) is 87.3 cm³/mol. The van der Waals surface area contributed by atoms with E-state index in [-0.39, 0.29) is 5.75 Å². The van der Waals surface area contributed by atoms with Crippen LogP contribution in [0.4, 0.5) is 0 Å². The van der Waals surface area contributed by atoms with Crippen molar-refractivity contribution in [2.75, 3.05) is 25.4 Å². The third-order valence-corrected chi connectivity index (χ3v) is 4.46. The van der Waals surface area contributed by atoms with E-state index in [0.29, 0.717) is 29.9 Å². The van der Waals surface area contributed by atoms with Crippen LogP contribution in [0.15, 0.2) is 40.2 Å². The lowest BCUT2D eigenvalue weighted by Crippen LogP contribution is -2.39. The Labute approximate surface area is 127 Å². The highest BCUT2D eigenvalue weighted by Gasteiger charge is 2.13. The lowest BCUT2D eigenvalue weighted by molar-refractivity contribution is 0.594. The van der Waals surface area contributed by atoms with Crippen molar-refractivity contribution in [3.05, 3.63) is 30.3 Å². The van der Waals surface area contributed by atoms with Crippen molar-refractivity contribution in [1.82, 2.24) is 10.6 Å². The first kappa shape index (κ1) is 17.5. The molecule has 0 atom stereocenters. The lowest BCUT2D eigenvalue weighted by Gasteiger charge is -2.12. The van der Waals surface area contributed by atoms with Crippen molar-refractivity contribution in [3.63, 3.8) is 0 Å². The number of rotatable bonds is 7. The van der Waals surface area contributed by atoms with E-state index in [4.69, 9.17) is 0 Å². The Kier molecular flexibility index (Phi) is 7.22. The van der Waals surface area contributed by atoms with Crippen LogP contribution in [-0.2, 0) is 9.84 Å². The summed E-state index contributed by atoms with van der Waals surface area (Å²) in [5.41, 5.74) is 0. The summed E-state index contributed by atoms with van der Waals surface area (Å²) < 4.78 is 24.3. The average Bonchev–Trinajstić information content (AvgIpc) is 2.45. The second kappa shape index (κ2) is 8.67. The van der Waals surface area contributed by atoms with Crippen molar-refractivity contribution in [2.24, 2.45) is 10.9 Å². The number of hydrogen-bond donors (Lipinski definition) is 2. The molecular formula is C15H25N3O2S. The van der Waals surface area contributed by atoms with Crippen molar-refractivity contribution in [2.45, 2.75) is 25.7 Å². The summed E-state index contributed by atoms with van der Waals surface area (Å²) in [6.07, 6.45) is 0. The molecule has 0 saturated heterocycles. The SMILES string of the molecule is CCNC(=NCC(C)C)NCCS(=O)(=O)c1ccccc1. The first-order valence-electron chi connectivity index (χ1n) is 7.25. The molecule has 0 amide bonds. The number of guanidine groups is 1. The Hall–Kier alpha value is -1.56. The summed E-state index contributed by atoms with van der Waals surface area (Å²) in [6, 6.07) is 8.50. The van der Waals surface area contributed by atoms with Crippen LogP contribution in [0.3, 0.4) is 0 Å².